The second-order valence-corrected chi connectivity index (χ2v) is 8.30. The molecule has 0 aliphatic heterocycles. The Morgan fingerprint density at radius 1 is 1.22 bits per heavy atom. The number of benzene rings is 2. The Morgan fingerprint density at radius 2 is 1.93 bits per heavy atom. The topological polar surface area (TPSA) is 84.5 Å². The Balaban J connectivity index is 1.98. The maximum atomic E-state index is 13.1. The van der Waals surface area contributed by atoms with E-state index in [2.05, 4.69) is 5.43 Å². The summed E-state index contributed by atoms with van der Waals surface area (Å²) in [4.78, 5) is 13.6. The molecule has 2 rings (SSSR count). The molecule has 0 fully saturated rings. The van der Waals surface area contributed by atoms with Crippen LogP contribution in [0.15, 0.2) is 41.3 Å². The standard InChI is InChI=1S/C18H20ClFN2O4S/c1-11(2)14-6-4-12(3)8-17(14)26-10-18(23)21-22-27(24,25)13-5-7-16(20)15(19)9-13/h4-9,11,22H,10H2,1-3H3,(H,21,23). The highest BCUT2D eigenvalue weighted by molar-refractivity contribution is 7.89. The van der Waals surface area contributed by atoms with Gasteiger partial charge in [0.1, 0.15) is 11.6 Å². The van der Waals surface area contributed by atoms with Crippen molar-refractivity contribution in [1.82, 2.24) is 10.3 Å². The van der Waals surface area contributed by atoms with Crippen LogP contribution in [0.25, 0.3) is 0 Å². The van der Waals surface area contributed by atoms with Gasteiger partial charge in [0, 0.05) is 0 Å². The summed E-state index contributed by atoms with van der Waals surface area (Å²) in [5, 5.41) is -0.340. The van der Waals surface area contributed by atoms with E-state index in [0.717, 1.165) is 29.3 Å². The molecule has 2 aromatic rings. The molecule has 0 aliphatic rings. The van der Waals surface area contributed by atoms with Crippen molar-refractivity contribution in [2.24, 2.45) is 0 Å². The number of hydrogen-bond acceptors (Lipinski definition) is 4. The largest absolute Gasteiger partial charge is 0.483 e. The number of aryl methyl sites for hydroxylation is 1. The molecule has 0 radical (unpaired) electrons. The first-order chi connectivity index (χ1) is 12.6. The van der Waals surface area contributed by atoms with Crippen molar-refractivity contribution in [2.75, 3.05) is 6.61 Å². The van der Waals surface area contributed by atoms with Crippen molar-refractivity contribution >= 4 is 27.5 Å². The molecule has 0 heterocycles. The van der Waals surface area contributed by atoms with E-state index in [-0.39, 0.29) is 22.4 Å². The van der Waals surface area contributed by atoms with Gasteiger partial charge in [-0.1, -0.05) is 37.6 Å². The third-order valence-corrected chi connectivity index (χ3v) is 5.21. The van der Waals surface area contributed by atoms with Gasteiger partial charge in [0.2, 0.25) is 0 Å². The molecule has 0 spiro atoms. The van der Waals surface area contributed by atoms with Gasteiger partial charge in [0.25, 0.3) is 15.9 Å². The summed E-state index contributed by atoms with van der Waals surface area (Å²) in [6.45, 7) is 5.52. The lowest BCUT2D eigenvalue weighted by molar-refractivity contribution is -0.123. The van der Waals surface area contributed by atoms with Crippen LogP contribution in [-0.2, 0) is 14.8 Å². The van der Waals surface area contributed by atoms with Gasteiger partial charge in [0.05, 0.1) is 9.92 Å². The maximum Gasteiger partial charge on any atom is 0.272 e. The summed E-state index contributed by atoms with van der Waals surface area (Å²) in [6.07, 6.45) is 0. The van der Waals surface area contributed by atoms with E-state index in [1.807, 2.05) is 43.8 Å². The van der Waals surface area contributed by atoms with Crippen LogP contribution in [0.3, 0.4) is 0 Å². The lowest BCUT2D eigenvalue weighted by Crippen LogP contribution is -2.43. The van der Waals surface area contributed by atoms with Gasteiger partial charge >= 0.3 is 0 Å². The first kappa shape index (κ1) is 21.1. The molecule has 1 amide bonds. The van der Waals surface area contributed by atoms with Gasteiger partial charge in [-0.2, -0.15) is 0 Å². The first-order valence-corrected chi connectivity index (χ1v) is 9.95. The summed E-state index contributed by atoms with van der Waals surface area (Å²) < 4.78 is 42.9. The SMILES string of the molecule is Cc1ccc(C(C)C)c(OCC(=O)NNS(=O)(=O)c2ccc(F)c(Cl)c2)c1. The molecule has 0 aromatic heterocycles. The number of carbonyl (C=O) groups excluding carboxylic acids is 1. The molecular formula is C18H20ClFN2O4S. The van der Waals surface area contributed by atoms with Gasteiger partial charge in [-0.25, -0.2) is 12.8 Å². The summed E-state index contributed by atoms with van der Waals surface area (Å²) in [5.41, 5.74) is 3.97. The smallest absolute Gasteiger partial charge is 0.272 e. The van der Waals surface area contributed by atoms with E-state index < -0.39 is 21.7 Å². The second-order valence-electron chi connectivity index (χ2n) is 6.21. The molecule has 2 N–H and O–H groups in total. The highest BCUT2D eigenvalue weighted by Crippen LogP contribution is 2.27. The van der Waals surface area contributed by atoms with Crippen LogP contribution in [0.4, 0.5) is 4.39 Å². The second kappa shape index (κ2) is 8.69. The molecule has 0 saturated carbocycles. The van der Waals surface area contributed by atoms with E-state index in [4.69, 9.17) is 16.3 Å². The van der Waals surface area contributed by atoms with Crippen LogP contribution in [0, 0.1) is 12.7 Å². The molecule has 27 heavy (non-hydrogen) atoms. The Bertz CT molecular complexity index is 948. The van der Waals surface area contributed by atoms with E-state index in [1.54, 1.807) is 0 Å². The number of carbonyl (C=O) groups is 1. The average Bonchev–Trinajstić information content (AvgIpc) is 2.60. The highest BCUT2D eigenvalue weighted by Gasteiger charge is 2.17. The number of ether oxygens (including phenoxy) is 1. The van der Waals surface area contributed by atoms with Gasteiger partial charge in [-0.05, 0) is 48.2 Å². The quantitative estimate of drug-likeness (QED) is 0.681. The summed E-state index contributed by atoms with van der Waals surface area (Å²) in [7, 11) is -4.09. The van der Waals surface area contributed by atoms with Gasteiger partial charge in [0.15, 0.2) is 6.61 Å². The van der Waals surface area contributed by atoms with Crippen molar-refractivity contribution < 1.29 is 22.3 Å². The molecular weight excluding hydrogens is 395 g/mol. The third kappa shape index (κ3) is 5.66. The van der Waals surface area contributed by atoms with E-state index in [9.17, 15) is 17.6 Å². The normalized spacial score (nSPS) is 11.5. The molecule has 0 saturated heterocycles. The predicted molar refractivity (Wildman–Crippen MR) is 101 cm³/mol. The fourth-order valence-electron chi connectivity index (χ4n) is 2.25. The minimum atomic E-state index is -4.09. The number of hydrazine groups is 1. The maximum absolute atomic E-state index is 13.1. The lowest BCUT2D eigenvalue weighted by atomic mass is 10.0. The van der Waals surface area contributed by atoms with Crippen molar-refractivity contribution in [3.63, 3.8) is 0 Å². The van der Waals surface area contributed by atoms with E-state index >= 15 is 0 Å². The molecule has 2 aromatic carbocycles. The zero-order valence-electron chi connectivity index (χ0n) is 15.0. The molecule has 146 valence electrons. The summed E-state index contributed by atoms with van der Waals surface area (Å²) in [6, 6.07) is 8.59. The number of amides is 1. The van der Waals surface area contributed by atoms with Crippen molar-refractivity contribution in [3.8, 4) is 5.75 Å². The summed E-state index contributed by atoms with van der Waals surface area (Å²) in [5.74, 6) is -0.672. The van der Waals surface area contributed by atoms with Gasteiger partial charge < -0.3 is 4.74 Å². The number of nitrogens with one attached hydrogen (secondary N) is 2. The molecule has 0 aliphatic carbocycles. The number of rotatable bonds is 7. The molecule has 6 nitrogen and oxygen atoms in total. The first-order valence-electron chi connectivity index (χ1n) is 8.09. The van der Waals surface area contributed by atoms with Gasteiger partial charge in [-0.3, -0.25) is 10.2 Å². The van der Waals surface area contributed by atoms with Crippen LogP contribution < -0.4 is 15.0 Å². The molecule has 0 bridgehead atoms. The van der Waals surface area contributed by atoms with E-state index in [1.165, 1.54) is 0 Å². The summed E-state index contributed by atoms with van der Waals surface area (Å²) >= 11 is 5.58. The lowest BCUT2D eigenvalue weighted by Gasteiger charge is -2.15. The number of halogens is 2. The van der Waals surface area contributed by atoms with Crippen LogP contribution in [0.1, 0.15) is 30.9 Å². The van der Waals surface area contributed by atoms with Crippen molar-refractivity contribution in [2.45, 2.75) is 31.6 Å². The van der Waals surface area contributed by atoms with Gasteiger partial charge in [-0.15, -0.1) is 4.83 Å². The Hall–Kier alpha value is -2.16. The predicted octanol–water partition coefficient (Wildman–Crippen LogP) is 3.30. The molecule has 9 heteroatoms. The number of sulfonamides is 1. The van der Waals surface area contributed by atoms with Crippen LogP contribution >= 0.6 is 11.6 Å². The minimum Gasteiger partial charge on any atom is -0.483 e. The highest BCUT2D eigenvalue weighted by atomic mass is 35.5. The fraction of sp³-hybridized carbons (Fsp3) is 0.278. The fourth-order valence-corrected chi connectivity index (χ4v) is 3.38. The average molecular weight is 415 g/mol. The van der Waals surface area contributed by atoms with E-state index in [0.29, 0.717) is 5.75 Å². The van der Waals surface area contributed by atoms with Crippen LogP contribution in [0.2, 0.25) is 5.02 Å². The zero-order valence-corrected chi connectivity index (χ0v) is 16.6. The number of hydrogen-bond donors (Lipinski definition) is 2. The van der Waals surface area contributed by atoms with Crippen molar-refractivity contribution in [1.29, 1.82) is 0 Å². The zero-order chi connectivity index (χ0) is 20.2. The van der Waals surface area contributed by atoms with Crippen molar-refractivity contribution in [3.05, 3.63) is 58.4 Å². The Morgan fingerprint density at radius 3 is 2.56 bits per heavy atom. The third-order valence-electron chi connectivity index (χ3n) is 3.68. The molecule has 0 unspecified atom stereocenters. The van der Waals surface area contributed by atoms with Crippen LogP contribution in [0.5, 0.6) is 5.75 Å². The molecule has 0 atom stereocenters. The minimum absolute atomic E-state index is 0.199. The Labute approximate surface area is 162 Å². The van der Waals surface area contributed by atoms with Crippen LogP contribution in [-0.4, -0.2) is 20.9 Å². The Kier molecular flexibility index (Phi) is 6.80. The monoisotopic (exact) mass is 414 g/mol.